The van der Waals surface area contributed by atoms with E-state index in [0.717, 1.165) is 24.5 Å². The first-order valence-electron chi connectivity index (χ1n) is 5.82. The van der Waals surface area contributed by atoms with Gasteiger partial charge >= 0.3 is 0 Å². The molecule has 0 unspecified atom stereocenters. The monoisotopic (exact) mass is 228 g/mol. The molecule has 0 radical (unpaired) electrons. The lowest BCUT2D eigenvalue weighted by Gasteiger charge is -2.36. The van der Waals surface area contributed by atoms with Crippen LogP contribution in [0, 0.1) is 5.41 Å². The Balaban J connectivity index is 1.62. The van der Waals surface area contributed by atoms with E-state index in [4.69, 9.17) is 4.74 Å². The fourth-order valence-electron chi connectivity index (χ4n) is 2.31. The molecule has 0 bridgehead atoms. The minimum Gasteiger partial charge on any atom is -0.501 e. The lowest BCUT2D eigenvalue weighted by Crippen LogP contribution is -2.42. The van der Waals surface area contributed by atoms with Crippen LogP contribution in [0.5, 0.6) is 0 Å². The largest absolute Gasteiger partial charge is 0.501 e. The second kappa shape index (κ2) is 4.69. The molecule has 0 aromatic carbocycles. The third kappa shape index (κ3) is 3.07. The third-order valence-electron chi connectivity index (χ3n) is 3.34. The first-order valence-corrected chi connectivity index (χ1v) is 7.31. The van der Waals surface area contributed by atoms with Crippen molar-refractivity contribution in [1.82, 2.24) is 0 Å². The topological polar surface area (TPSA) is 26.3 Å². The van der Waals surface area contributed by atoms with Crippen molar-refractivity contribution in [3.63, 3.8) is 0 Å². The zero-order valence-electron chi connectivity index (χ0n) is 9.46. The average molecular weight is 228 g/mol. The van der Waals surface area contributed by atoms with Gasteiger partial charge in [-0.3, -0.25) is 4.21 Å². The molecule has 1 heterocycles. The minimum absolute atomic E-state index is 0.291. The molecule has 0 atom stereocenters. The predicted octanol–water partition coefficient (Wildman–Crippen LogP) is 2.62. The van der Waals surface area contributed by atoms with Gasteiger partial charge < -0.3 is 4.74 Å². The predicted molar refractivity (Wildman–Crippen MR) is 63.1 cm³/mol. The second-order valence-electron chi connectivity index (χ2n) is 5.14. The molecule has 0 spiro atoms. The molecule has 2 nitrogen and oxygen atoms in total. The molecule has 1 saturated carbocycles. The third-order valence-corrected chi connectivity index (χ3v) is 5.38. The minimum atomic E-state index is -0.540. The Kier molecular flexibility index (Phi) is 3.49. The number of ether oxygens (including phenoxy) is 1. The molecule has 15 heavy (non-hydrogen) atoms. The van der Waals surface area contributed by atoms with Crippen molar-refractivity contribution >= 4 is 10.8 Å². The summed E-state index contributed by atoms with van der Waals surface area (Å²) in [5.41, 5.74) is 1.76. The van der Waals surface area contributed by atoms with E-state index >= 15 is 0 Å². The number of rotatable bonds is 4. The Bertz CT molecular complexity index is 267. The molecule has 2 fully saturated rings. The van der Waals surface area contributed by atoms with Gasteiger partial charge in [-0.25, -0.2) is 0 Å². The van der Waals surface area contributed by atoms with Gasteiger partial charge in [0.2, 0.25) is 0 Å². The molecule has 2 rings (SSSR count). The van der Waals surface area contributed by atoms with Gasteiger partial charge in [0, 0.05) is 22.3 Å². The fourth-order valence-corrected chi connectivity index (χ4v) is 4.07. The van der Waals surface area contributed by atoms with E-state index in [2.05, 4.69) is 6.92 Å². The van der Waals surface area contributed by atoms with Crippen LogP contribution in [0.2, 0.25) is 0 Å². The summed E-state index contributed by atoms with van der Waals surface area (Å²) in [5.74, 6) is 1.74. The van der Waals surface area contributed by atoms with Crippen LogP contribution in [0.1, 0.15) is 39.0 Å². The summed E-state index contributed by atoms with van der Waals surface area (Å²) in [6.07, 6.45) is 8.11. The summed E-state index contributed by atoms with van der Waals surface area (Å²) < 4.78 is 16.6. The highest BCUT2D eigenvalue weighted by Gasteiger charge is 2.37. The average Bonchev–Trinajstić information content (AvgIpc) is 2.63. The Morgan fingerprint density at radius 2 is 2.07 bits per heavy atom. The summed E-state index contributed by atoms with van der Waals surface area (Å²) in [6, 6.07) is 0. The van der Waals surface area contributed by atoms with Crippen molar-refractivity contribution in [3.8, 4) is 0 Å². The van der Waals surface area contributed by atoms with E-state index in [9.17, 15) is 4.21 Å². The van der Waals surface area contributed by atoms with E-state index < -0.39 is 10.8 Å². The molecule has 0 aromatic heterocycles. The molecule has 1 aliphatic heterocycles. The fraction of sp³-hybridized carbons (Fsp3) is 0.833. The lowest BCUT2D eigenvalue weighted by molar-refractivity contribution is 0.192. The molecule has 86 valence electrons. The van der Waals surface area contributed by atoms with Gasteiger partial charge in [0.05, 0.1) is 12.9 Å². The summed E-state index contributed by atoms with van der Waals surface area (Å²) in [7, 11) is -0.540. The maximum absolute atomic E-state index is 11.0. The van der Waals surface area contributed by atoms with Crippen LogP contribution < -0.4 is 0 Å². The highest BCUT2D eigenvalue weighted by atomic mass is 32.2. The maximum Gasteiger partial charge on any atom is 0.0879 e. The first-order chi connectivity index (χ1) is 7.18. The van der Waals surface area contributed by atoms with Crippen molar-refractivity contribution in [2.45, 2.75) is 39.0 Å². The molecule has 0 N–H and O–H groups in total. The molecule has 3 heteroatoms. The highest BCUT2D eigenvalue weighted by Crippen LogP contribution is 2.33. The normalized spacial score (nSPS) is 35.0. The Morgan fingerprint density at radius 3 is 2.67 bits per heavy atom. The summed E-state index contributed by atoms with van der Waals surface area (Å²) in [6.45, 7) is 3.00. The van der Waals surface area contributed by atoms with E-state index in [-0.39, 0.29) is 0 Å². The Morgan fingerprint density at radius 1 is 1.40 bits per heavy atom. The van der Waals surface area contributed by atoms with Gasteiger partial charge in [-0.05, 0) is 43.1 Å². The van der Waals surface area contributed by atoms with Crippen molar-refractivity contribution in [1.29, 1.82) is 0 Å². The highest BCUT2D eigenvalue weighted by molar-refractivity contribution is 7.86. The molecule has 0 aromatic rings. The van der Waals surface area contributed by atoms with Gasteiger partial charge in [0.15, 0.2) is 0 Å². The van der Waals surface area contributed by atoms with Crippen molar-refractivity contribution in [2.75, 3.05) is 18.1 Å². The van der Waals surface area contributed by atoms with E-state index in [1.807, 2.05) is 6.26 Å². The zero-order chi connectivity index (χ0) is 10.7. The number of hydrogen-bond acceptors (Lipinski definition) is 2. The molecular formula is C12H20O2S. The molecule has 1 saturated heterocycles. The Hall–Kier alpha value is -0.310. The zero-order valence-corrected chi connectivity index (χ0v) is 10.3. The summed E-state index contributed by atoms with van der Waals surface area (Å²) >= 11 is 0. The number of hydrogen-bond donors (Lipinski definition) is 0. The van der Waals surface area contributed by atoms with Crippen LogP contribution >= 0.6 is 0 Å². The van der Waals surface area contributed by atoms with Crippen LogP contribution in [0.4, 0.5) is 0 Å². The maximum atomic E-state index is 11.0. The lowest BCUT2D eigenvalue weighted by atomic mass is 9.91. The van der Waals surface area contributed by atoms with E-state index in [1.165, 1.54) is 31.3 Å². The van der Waals surface area contributed by atoms with E-state index in [0.29, 0.717) is 5.41 Å². The van der Waals surface area contributed by atoms with Crippen LogP contribution in [0.25, 0.3) is 0 Å². The summed E-state index contributed by atoms with van der Waals surface area (Å²) in [5, 5.41) is 0. The summed E-state index contributed by atoms with van der Waals surface area (Å²) in [4.78, 5) is 0. The van der Waals surface area contributed by atoms with Crippen molar-refractivity contribution in [2.24, 2.45) is 5.41 Å². The van der Waals surface area contributed by atoms with Gasteiger partial charge in [-0.15, -0.1) is 0 Å². The Labute approximate surface area is 94.5 Å². The standard InChI is InChI=1S/C12H20O2S/c1-12(9-15(13)10-12)6-7-14-8-11-4-2-3-5-11/h8H,2-7,9-10H2,1H3. The SMILES string of the molecule is CC1(CCOC=C2CCCC2)CS(=O)C1. The number of allylic oxidation sites excluding steroid dienone is 1. The van der Waals surface area contributed by atoms with E-state index in [1.54, 1.807) is 0 Å². The van der Waals surface area contributed by atoms with Crippen molar-refractivity contribution < 1.29 is 8.95 Å². The van der Waals surface area contributed by atoms with Crippen molar-refractivity contribution in [3.05, 3.63) is 11.8 Å². The van der Waals surface area contributed by atoms with Crippen LogP contribution in [0.3, 0.4) is 0 Å². The van der Waals surface area contributed by atoms with Crippen LogP contribution in [-0.4, -0.2) is 22.3 Å². The molecular weight excluding hydrogens is 208 g/mol. The van der Waals surface area contributed by atoms with Gasteiger partial charge in [0.25, 0.3) is 0 Å². The molecule has 1 aliphatic carbocycles. The van der Waals surface area contributed by atoms with Gasteiger partial charge in [-0.2, -0.15) is 0 Å². The smallest absolute Gasteiger partial charge is 0.0879 e. The van der Waals surface area contributed by atoms with Gasteiger partial charge in [0.1, 0.15) is 0 Å². The molecule has 2 aliphatic rings. The second-order valence-corrected chi connectivity index (χ2v) is 6.60. The van der Waals surface area contributed by atoms with Gasteiger partial charge in [-0.1, -0.05) is 6.92 Å². The van der Waals surface area contributed by atoms with Crippen LogP contribution in [-0.2, 0) is 15.5 Å². The first kappa shape index (κ1) is 11.2. The quantitative estimate of drug-likeness (QED) is 0.546. The molecule has 0 amide bonds. The van der Waals surface area contributed by atoms with Crippen LogP contribution in [0.15, 0.2) is 11.8 Å².